The number of carbonyl (C=O) groups is 2. The number of hydrogen-bond donors (Lipinski definition) is 2. The van der Waals surface area contributed by atoms with E-state index in [9.17, 15) is 18.0 Å². The van der Waals surface area contributed by atoms with Crippen LogP contribution in [0.1, 0.15) is 51.3 Å². The van der Waals surface area contributed by atoms with Crippen LogP contribution >= 0.6 is 0 Å². The minimum atomic E-state index is -3.85. The molecule has 0 radical (unpaired) electrons. The van der Waals surface area contributed by atoms with Crippen LogP contribution in [0.25, 0.3) is 0 Å². The summed E-state index contributed by atoms with van der Waals surface area (Å²) in [5, 5.41) is 5.57. The van der Waals surface area contributed by atoms with Gasteiger partial charge in [-0.25, -0.2) is 8.42 Å². The first-order chi connectivity index (χ1) is 15.0. The number of likely N-dealkylation sites (N-methyl/N-ethyl adjacent to an activating group) is 1. The summed E-state index contributed by atoms with van der Waals surface area (Å²) in [4.78, 5) is 23.9. The Labute approximate surface area is 191 Å². The molecule has 2 rings (SSSR count). The first-order valence-corrected chi connectivity index (χ1v) is 12.2. The Morgan fingerprint density at radius 3 is 2.09 bits per heavy atom. The minimum Gasteiger partial charge on any atom is -0.348 e. The smallest absolute Gasteiger partial charge is 0.243 e. The van der Waals surface area contributed by atoms with Crippen LogP contribution in [0.3, 0.4) is 0 Å². The molecule has 2 amide bonds. The number of carbonyl (C=O) groups excluding carboxylic acids is 2. The molecule has 2 N–H and O–H groups in total. The molecule has 0 unspecified atom stereocenters. The van der Waals surface area contributed by atoms with Crippen LogP contribution in [0.5, 0.6) is 0 Å². The van der Waals surface area contributed by atoms with Gasteiger partial charge in [-0.3, -0.25) is 9.59 Å². The number of aryl methyl sites for hydroxylation is 1. The lowest BCUT2D eigenvalue weighted by atomic mass is 9.94. The highest BCUT2D eigenvalue weighted by molar-refractivity contribution is 7.89. The zero-order valence-electron chi connectivity index (χ0n) is 19.4. The summed E-state index contributed by atoms with van der Waals surface area (Å²) in [6, 6.07) is 13.8. The third-order valence-corrected chi connectivity index (χ3v) is 6.93. The van der Waals surface area contributed by atoms with Gasteiger partial charge in [0.05, 0.1) is 17.5 Å². The molecular weight excluding hydrogens is 426 g/mol. The number of nitrogens with one attached hydrogen (secondary N) is 2. The zero-order valence-corrected chi connectivity index (χ0v) is 20.2. The molecule has 0 spiro atoms. The maximum Gasteiger partial charge on any atom is 0.243 e. The summed E-state index contributed by atoms with van der Waals surface area (Å²) < 4.78 is 26.7. The summed E-state index contributed by atoms with van der Waals surface area (Å²) in [6.45, 7) is 7.24. The highest BCUT2D eigenvalue weighted by Gasteiger charge is 2.25. The Hall–Kier alpha value is -2.71. The maximum absolute atomic E-state index is 12.8. The fourth-order valence-corrected chi connectivity index (χ4v) is 4.54. The lowest BCUT2D eigenvalue weighted by Crippen LogP contribution is -2.41. The molecule has 7 nitrogen and oxygen atoms in total. The second kappa shape index (κ2) is 11.2. The van der Waals surface area contributed by atoms with E-state index in [1.165, 1.54) is 43.8 Å². The van der Waals surface area contributed by atoms with E-state index < -0.39 is 10.0 Å². The van der Waals surface area contributed by atoms with E-state index in [4.69, 9.17) is 0 Å². The lowest BCUT2D eigenvalue weighted by molar-refractivity contribution is -0.122. The van der Waals surface area contributed by atoms with E-state index in [-0.39, 0.29) is 35.2 Å². The maximum atomic E-state index is 12.8. The van der Waals surface area contributed by atoms with Crippen LogP contribution < -0.4 is 10.6 Å². The van der Waals surface area contributed by atoms with Crippen molar-refractivity contribution in [1.82, 2.24) is 9.62 Å². The lowest BCUT2D eigenvalue weighted by Gasteiger charge is -2.25. The third-order valence-electron chi connectivity index (χ3n) is 5.11. The molecule has 0 bridgehead atoms. The summed E-state index contributed by atoms with van der Waals surface area (Å²) >= 11 is 0. The second-order valence-corrected chi connectivity index (χ2v) is 10.3. The van der Waals surface area contributed by atoms with Gasteiger partial charge in [-0.1, -0.05) is 51.5 Å². The van der Waals surface area contributed by atoms with Gasteiger partial charge in [-0.15, -0.1) is 0 Å². The van der Waals surface area contributed by atoms with Gasteiger partial charge in [0.15, 0.2) is 0 Å². The van der Waals surface area contributed by atoms with Crippen LogP contribution in [0, 0.1) is 5.92 Å². The Balaban J connectivity index is 2.08. The van der Waals surface area contributed by atoms with Crippen LogP contribution in [0.15, 0.2) is 53.4 Å². The minimum absolute atomic E-state index is 0.0498. The van der Waals surface area contributed by atoms with E-state index in [2.05, 4.69) is 29.7 Å². The monoisotopic (exact) mass is 459 g/mol. The van der Waals surface area contributed by atoms with Gasteiger partial charge in [-0.2, -0.15) is 4.31 Å². The number of anilines is 1. The van der Waals surface area contributed by atoms with E-state index in [1.807, 2.05) is 26.0 Å². The molecule has 0 aliphatic heterocycles. The molecule has 0 fully saturated rings. The van der Waals surface area contributed by atoms with Crippen LogP contribution in [0.4, 0.5) is 5.69 Å². The molecule has 0 heterocycles. The number of amides is 2. The average Bonchev–Trinajstić information content (AvgIpc) is 2.72. The van der Waals surface area contributed by atoms with Gasteiger partial charge in [0.2, 0.25) is 21.8 Å². The van der Waals surface area contributed by atoms with Gasteiger partial charge in [0.1, 0.15) is 0 Å². The van der Waals surface area contributed by atoms with Crippen molar-refractivity contribution in [2.45, 2.75) is 51.5 Å². The van der Waals surface area contributed by atoms with Gasteiger partial charge in [-0.05, 0) is 47.7 Å². The first-order valence-electron chi connectivity index (χ1n) is 10.8. The van der Waals surface area contributed by atoms with Crippen molar-refractivity contribution < 1.29 is 18.0 Å². The average molecular weight is 460 g/mol. The molecule has 32 heavy (non-hydrogen) atoms. The van der Waals surface area contributed by atoms with Crippen LogP contribution in [-0.2, 0) is 26.0 Å². The van der Waals surface area contributed by atoms with Crippen molar-refractivity contribution in [3.63, 3.8) is 0 Å². The number of hydrogen-bond acceptors (Lipinski definition) is 4. The van der Waals surface area contributed by atoms with E-state index in [1.54, 1.807) is 0 Å². The molecule has 8 heteroatoms. The summed E-state index contributed by atoms with van der Waals surface area (Å²) in [7, 11) is -2.48. The highest BCUT2D eigenvalue weighted by Crippen LogP contribution is 2.23. The van der Waals surface area contributed by atoms with Crippen molar-refractivity contribution in [3.8, 4) is 0 Å². The number of benzene rings is 2. The van der Waals surface area contributed by atoms with Crippen molar-refractivity contribution >= 4 is 27.5 Å². The van der Waals surface area contributed by atoms with Gasteiger partial charge in [0, 0.05) is 19.7 Å². The molecule has 0 aliphatic carbocycles. The fraction of sp³-hybridized carbons (Fsp3) is 0.417. The normalized spacial score (nSPS) is 12.6. The Kier molecular flexibility index (Phi) is 8.98. The second-order valence-electron chi connectivity index (χ2n) is 8.25. The van der Waals surface area contributed by atoms with Gasteiger partial charge in [0.25, 0.3) is 0 Å². The SMILES string of the molecule is CCCc1ccc([C@H](NC(=O)CN(C)S(=O)(=O)c2ccc(NC(C)=O)cc2)C(C)C)cc1. The number of nitrogens with zero attached hydrogens (tertiary/aromatic N) is 1. The predicted octanol–water partition coefficient (Wildman–Crippen LogP) is 3.73. The standard InChI is InChI=1S/C24H33N3O4S/c1-6-7-19-8-10-20(11-9-19)24(17(2)3)26-23(29)16-27(5)32(30,31)22-14-12-21(13-15-22)25-18(4)28/h8-15,17,24H,6-7,16H2,1-5H3,(H,25,28)(H,26,29)/t24-/m1/s1. The largest absolute Gasteiger partial charge is 0.348 e. The van der Waals surface area contributed by atoms with Crippen LogP contribution in [-0.4, -0.2) is 38.1 Å². The van der Waals surface area contributed by atoms with Crippen LogP contribution in [0.2, 0.25) is 0 Å². The van der Waals surface area contributed by atoms with Gasteiger partial charge >= 0.3 is 0 Å². The quantitative estimate of drug-likeness (QED) is 0.566. The Morgan fingerprint density at radius 2 is 1.59 bits per heavy atom. The Bertz CT molecular complexity index is 1020. The summed E-state index contributed by atoms with van der Waals surface area (Å²) in [5.41, 5.74) is 2.74. The predicted molar refractivity (Wildman–Crippen MR) is 127 cm³/mol. The van der Waals surface area contributed by atoms with Crippen molar-refractivity contribution in [3.05, 3.63) is 59.7 Å². The van der Waals surface area contributed by atoms with Crippen molar-refractivity contribution in [2.75, 3.05) is 18.9 Å². The fourth-order valence-electron chi connectivity index (χ4n) is 3.41. The summed E-state index contributed by atoms with van der Waals surface area (Å²) in [6.07, 6.45) is 2.08. The van der Waals surface area contributed by atoms with Crippen molar-refractivity contribution in [1.29, 1.82) is 0 Å². The molecule has 0 saturated heterocycles. The molecular formula is C24H33N3O4S. The van der Waals surface area contributed by atoms with Gasteiger partial charge < -0.3 is 10.6 Å². The third kappa shape index (κ3) is 6.90. The topological polar surface area (TPSA) is 95.6 Å². The molecule has 2 aromatic rings. The molecule has 2 aromatic carbocycles. The van der Waals surface area contributed by atoms with Crippen molar-refractivity contribution in [2.24, 2.45) is 5.92 Å². The van der Waals surface area contributed by atoms with E-state index in [0.29, 0.717) is 5.69 Å². The summed E-state index contributed by atoms with van der Waals surface area (Å²) in [5.74, 6) is -0.476. The molecule has 174 valence electrons. The molecule has 0 aromatic heterocycles. The molecule has 1 atom stereocenters. The van der Waals surface area contributed by atoms with E-state index in [0.717, 1.165) is 22.7 Å². The number of rotatable bonds is 10. The molecule has 0 saturated carbocycles. The first kappa shape index (κ1) is 25.5. The Morgan fingerprint density at radius 1 is 1.00 bits per heavy atom. The number of sulfonamides is 1. The molecule has 0 aliphatic rings. The van der Waals surface area contributed by atoms with E-state index >= 15 is 0 Å². The highest BCUT2D eigenvalue weighted by atomic mass is 32.2. The zero-order chi connectivity index (χ0) is 23.9.